The predicted octanol–water partition coefficient (Wildman–Crippen LogP) is 1.82. The summed E-state index contributed by atoms with van der Waals surface area (Å²) in [7, 11) is 0. The van der Waals surface area contributed by atoms with E-state index >= 15 is 0 Å². The Labute approximate surface area is 80.8 Å². The molecule has 0 saturated heterocycles. The van der Waals surface area contributed by atoms with Gasteiger partial charge in [0, 0.05) is 4.20 Å². The van der Waals surface area contributed by atoms with Crippen LogP contribution in [0.5, 0.6) is 0 Å². The van der Waals surface area contributed by atoms with Crippen molar-refractivity contribution in [2.24, 2.45) is 0 Å². The first-order valence-electron chi connectivity index (χ1n) is 3.22. The summed E-state index contributed by atoms with van der Waals surface area (Å²) in [6.07, 6.45) is -0.192. The Morgan fingerprint density at radius 1 is 1.83 bits per heavy atom. The highest BCUT2D eigenvalue weighted by Gasteiger charge is 2.28. The molecule has 0 bridgehead atoms. The van der Waals surface area contributed by atoms with E-state index in [0.717, 1.165) is 11.8 Å². The lowest BCUT2D eigenvalue weighted by molar-refractivity contribution is -0.137. The van der Waals surface area contributed by atoms with Gasteiger partial charge in [0.1, 0.15) is 4.75 Å². The van der Waals surface area contributed by atoms with Crippen LogP contribution < -0.4 is 0 Å². The largest absolute Gasteiger partial charge is 0.481 e. The van der Waals surface area contributed by atoms with Gasteiger partial charge in [-0.05, 0) is 13.8 Å². The van der Waals surface area contributed by atoms with Gasteiger partial charge in [0.25, 0.3) is 0 Å². The van der Waals surface area contributed by atoms with Crippen LogP contribution in [-0.2, 0) is 4.79 Å². The van der Waals surface area contributed by atoms with Gasteiger partial charge in [-0.1, -0.05) is 24.0 Å². The number of aliphatic carboxylic acids is 1. The summed E-state index contributed by atoms with van der Waals surface area (Å²) in [6, 6.07) is 1.94. The Morgan fingerprint density at radius 3 is 2.58 bits per heavy atom. The van der Waals surface area contributed by atoms with Crippen LogP contribution in [0.25, 0.3) is 0 Å². The fourth-order valence-electron chi connectivity index (χ4n) is 0.704. The van der Waals surface area contributed by atoms with Crippen LogP contribution in [0.2, 0.25) is 0 Å². The molecule has 0 amide bonds. The highest BCUT2D eigenvalue weighted by molar-refractivity contribution is 8.24. The fraction of sp³-hybridized carbons (Fsp3) is 0.571. The van der Waals surface area contributed by atoms with E-state index in [0.29, 0.717) is 4.20 Å². The monoisotopic (exact) mass is 203 g/mol. The summed E-state index contributed by atoms with van der Waals surface area (Å²) in [5.74, 6) is -0.984. The first-order chi connectivity index (χ1) is 5.39. The lowest BCUT2D eigenvalue weighted by atomic mass is 10.1. The van der Waals surface area contributed by atoms with Crippen LogP contribution in [-0.4, -0.2) is 20.0 Å². The summed E-state index contributed by atoms with van der Waals surface area (Å²) >= 11 is 5.90. The Hall–Kier alpha value is -0.600. The first-order valence-corrected chi connectivity index (χ1v) is 4.45. The van der Waals surface area contributed by atoms with E-state index in [1.165, 1.54) is 0 Å². The average molecular weight is 203 g/mol. The molecule has 3 nitrogen and oxygen atoms in total. The van der Waals surface area contributed by atoms with Crippen molar-refractivity contribution in [1.82, 2.24) is 0 Å². The van der Waals surface area contributed by atoms with Crippen LogP contribution in [0.15, 0.2) is 0 Å². The van der Waals surface area contributed by atoms with Crippen molar-refractivity contribution in [1.29, 1.82) is 5.26 Å². The van der Waals surface area contributed by atoms with E-state index in [9.17, 15) is 4.79 Å². The zero-order valence-corrected chi connectivity index (χ0v) is 8.46. The zero-order chi connectivity index (χ0) is 9.78. The van der Waals surface area contributed by atoms with E-state index in [-0.39, 0.29) is 6.42 Å². The summed E-state index contributed by atoms with van der Waals surface area (Å²) in [6.45, 7) is 3.25. The minimum Gasteiger partial charge on any atom is -0.481 e. The summed E-state index contributed by atoms with van der Waals surface area (Å²) in [5.41, 5.74) is 0. The molecule has 0 heterocycles. The number of carboxylic acid groups (broad SMARTS) is 1. The molecule has 1 atom stereocenters. The summed E-state index contributed by atoms with van der Waals surface area (Å²) < 4.78 is -0.349. The molecular formula is C7H9NO2S2. The molecule has 0 aromatic rings. The molecule has 0 aromatic carbocycles. The van der Waals surface area contributed by atoms with E-state index in [1.807, 2.05) is 6.07 Å². The van der Waals surface area contributed by atoms with Gasteiger partial charge in [-0.15, -0.1) is 0 Å². The van der Waals surface area contributed by atoms with Gasteiger partial charge in [0.15, 0.2) is 0 Å². The number of hydrogen-bond acceptors (Lipinski definition) is 4. The molecule has 0 rings (SSSR count). The fourth-order valence-corrected chi connectivity index (χ4v) is 2.13. The molecule has 0 radical (unpaired) electrons. The third-order valence-corrected chi connectivity index (χ3v) is 2.32. The van der Waals surface area contributed by atoms with Crippen LogP contribution >= 0.6 is 24.0 Å². The van der Waals surface area contributed by atoms with Gasteiger partial charge in [-0.3, -0.25) is 4.79 Å². The normalized spacial score (nSPS) is 14.4. The van der Waals surface area contributed by atoms with Gasteiger partial charge < -0.3 is 5.11 Å². The van der Waals surface area contributed by atoms with Crippen LogP contribution in [0.1, 0.15) is 20.3 Å². The molecule has 0 saturated carbocycles. The minimum atomic E-state index is -0.984. The number of nitriles is 1. The quantitative estimate of drug-likeness (QED) is 0.709. The van der Waals surface area contributed by atoms with Crippen molar-refractivity contribution in [2.75, 3.05) is 0 Å². The topological polar surface area (TPSA) is 61.1 Å². The molecule has 0 fully saturated rings. The number of rotatable bonds is 3. The van der Waals surface area contributed by atoms with Gasteiger partial charge in [0.05, 0.1) is 12.5 Å². The molecule has 12 heavy (non-hydrogen) atoms. The molecule has 0 aliphatic carbocycles. The lowest BCUT2D eigenvalue weighted by Gasteiger charge is -2.16. The Morgan fingerprint density at radius 2 is 2.33 bits per heavy atom. The number of carboxylic acids is 1. The third-order valence-electron chi connectivity index (χ3n) is 1.09. The molecule has 1 N–H and O–H groups in total. The number of hydrogen-bond donors (Lipinski definition) is 1. The summed E-state index contributed by atoms with van der Waals surface area (Å²) in [5, 5.41) is 17.2. The number of thioether (sulfide) groups is 1. The maximum absolute atomic E-state index is 10.3. The number of thiocarbonyl (C=S) groups is 1. The van der Waals surface area contributed by atoms with E-state index in [4.69, 9.17) is 22.6 Å². The van der Waals surface area contributed by atoms with Gasteiger partial charge in [0.2, 0.25) is 0 Å². The van der Waals surface area contributed by atoms with Crippen LogP contribution in [0, 0.1) is 11.3 Å². The van der Waals surface area contributed by atoms with Crippen molar-refractivity contribution in [2.45, 2.75) is 25.0 Å². The Bertz CT molecular complexity index is 228. The third kappa shape index (κ3) is 4.31. The second-order valence-electron chi connectivity index (χ2n) is 2.51. The van der Waals surface area contributed by atoms with Crippen molar-refractivity contribution < 1.29 is 9.90 Å². The van der Waals surface area contributed by atoms with Crippen molar-refractivity contribution in [3.63, 3.8) is 0 Å². The zero-order valence-electron chi connectivity index (χ0n) is 6.83. The maximum Gasteiger partial charge on any atom is 0.305 e. The van der Waals surface area contributed by atoms with Crippen molar-refractivity contribution in [3.8, 4) is 6.07 Å². The van der Waals surface area contributed by atoms with Gasteiger partial charge in [-0.25, -0.2) is 0 Å². The van der Waals surface area contributed by atoms with Crippen molar-refractivity contribution >= 4 is 34.1 Å². The standard InChI is InChI=1S/C7H9NO2S2/c1-5(11)12-7(2,4-8)3-6(9)10/h3H2,1-2H3,(H,9,10). The van der Waals surface area contributed by atoms with E-state index in [1.54, 1.807) is 13.8 Å². The Balaban J connectivity index is 4.37. The van der Waals surface area contributed by atoms with E-state index in [2.05, 4.69) is 0 Å². The molecular weight excluding hydrogens is 194 g/mol. The average Bonchev–Trinajstić information content (AvgIpc) is 1.83. The molecule has 0 aliphatic heterocycles. The molecule has 0 aromatic heterocycles. The lowest BCUT2D eigenvalue weighted by Crippen LogP contribution is -2.23. The molecule has 66 valence electrons. The first kappa shape index (κ1) is 11.4. The SMILES string of the molecule is CC(=S)SC(C)(C#N)CC(=O)O. The van der Waals surface area contributed by atoms with Gasteiger partial charge in [-0.2, -0.15) is 5.26 Å². The molecule has 0 aliphatic rings. The Kier molecular flexibility index (Phi) is 4.21. The maximum atomic E-state index is 10.3. The number of carbonyl (C=O) groups is 1. The molecule has 1 unspecified atom stereocenters. The van der Waals surface area contributed by atoms with Crippen LogP contribution in [0.3, 0.4) is 0 Å². The minimum absolute atomic E-state index is 0.192. The molecule has 5 heteroatoms. The van der Waals surface area contributed by atoms with E-state index < -0.39 is 10.7 Å². The van der Waals surface area contributed by atoms with Crippen LogP contribution in [0.4, 0.5) is 0 Å². The smallest absolute Gasteiger partial charge is 0.305 e. The highest BCUT2D eigenvalue weighted by atomic mass is 32.2. The van der Waals surface area contributed by atoms with Crippen molar-refractivity contribution in [3.05, 3.63) is 0 Å². The summed E-state index contributed by atoms with van der Waals surface area (Å²) in [4.78, 5) is 10.3. The number of nitrogens with zero attached hydrogens (tertiary/aromatic N) is 1. The second kappa shape index (κ2) is 4.43. The van der Waals surface area contributed by atoms with Gasteiger partial charge >= 0.3 is 5.97 Å². The predicted molar refractivity (Wildman–Crippen MR) is 52.1 cm³/mol. The highest BCUT2D eigenvalue weighted by Crippen LogP contribution is 2.29. The second-order valence-corrected chi connectivity index (χ2v) is 5.10. The molecule has 0 spiro atoms.